The number of hydrogen-bond acceptors (Lipinski definition) is 6. The van der Waals surface area contributed by atoms with Crippen molar-refractivity contribution < 1.29 is 28.6 Å². The topological polar surface area (TPSA) is 78.9 Å². The summed E-state index contributed by atoms with van der Waals surface area (Å²) in [5.74, 6) is -0.0900. The number of fused-ring (bicyclic) bond motifs is 1. The highest BCUT2D eigenvalue weighted by Gasteiger charge is 2.63. The second kappa shape index (κ2) is 7.72. The minimum atomic E-state index is -0.378. The highest BCUT2D eigenvalue weighted by molar-refractivity contribution is 5.87. The SMILES string of the molecule is C=C(C)C(=O)OC1(C)CCCC1.C=C(C)C(=O)OC1C2CC3C(=O)OC1C3C2. The lowest BCUT2D eigenvalue weighted by Gasteiger charge is -2.25. The molecule has 6 heteroatoms. The molecule has 6 nitrogen and oxygen atoms in total. The fourth-order valence-corrected chi connectivity index (χ4v) is 4.82. The fraction of sp³-hybridized carbons (Fsp3) is 0.682. The van der Waals surface area contributed by atoms with Crippen LogP contribution in [0.15, 0.2) is 24.3 Å². The molecular weight excluding hydrogens is 360 g/mol. The zero-order chi connectivity index (χ0) is 20.6. The molecule has 3 aliphatic carbocycles. The van der Waals surface area contributed by atoms with Crippen LogP contribution in [0.4, 0.5) is 0 Å². The van der Waals surface area contributed by atoms with Crippen molar-refractivity contribution >= 4 is 17.9 Å². The van der Waals surface area contributed by atoms with Gasteiger partial charge in [0, 0.05) is 23.0 Å². The second-order valence-electron chi connectivity index (χ2n) is 8.88. The molecule has 0 N–H and O–H groups in total. The third-order valence-electron chi connectivity index (χ3n) is 6.35. The van der Waals surface area contributed by atoms with E-state index in [0.29, 0.717) is 17.1 Å². The van der Waals surface area contributed by atoms with Gasteiger partial charge in [-0.05, 0) is 59.3 Å². The smallest absolute Gasteiger partial charge is 0.333 e. The quantitative estimate of drug-likeness (QED) is 0.415. The van der Waals surface area contributed by atoms with Gasteiger partial charge in [0.15, 0.2) is 0 Å². The minimum Gasteiger partial charge on any atom is -0.458 e. The number of esters is 3. The van der Waals surface area contributed by atoms with E-state index in [1.54, 1.807) is 13.8 Å². The molecule has 0 aromatic carbocycles. The summed E-state index contributed by atoms with van der Waals surface area (Å²) in [5, 5.41) is 0. The summed E-state index contributed by atoms with van der Waals surface area (Å²) in [4.78, 5) is 34.1. The molecule has 2 bridgehead atoms. The normalized spacial score (nSPS) is 33.5. The molecule has 5 unspecified atom stereocenters. The molecule has 4 rings (SSSR count). The maximum absolute atomic E-state index is 11.5. The Balaban J connectivity index is 0.000000169. The van der Waals surface area contributed by atoms with Crippen LogP contribution < -0.4 is 0 Å². The van der Waals surface area contributed by atoms with Crippen LogP contribution in [0, 0.1) is 17.8 Å². The molecule has 5 atom stereocenters. The first-order valence-electron chi connectivity index (χ1n) is 10.1. The predicted octanol–water partition coefficient (Wildman–Crippen LogP) is 3.49. The highest BCUT2D eigenvalue weighted by Crippen LogP contribution is 2.55. The third kappa shape index (κ3) is 4.01. The molecule has 0 aromatic heterocycles. The largest absolute Gasteiger partial charge is 0.458 e. The van der Waals surface area contributed by atoms with E-state index >= 15 is 0 Å². The Hall–Kier alpha value is -2.11. The minimum absolute atomic E-state index is 0.0646. The van der Waals surface area contributed by atoms with Gasteiger partial charge in [0.1, 0.15) is 17.8 Å². The Bertz CT molecular complexity index is 702. The molecule has 0 aromatic rings. The van der Waals surface area contributed by atoms with Gasteiger partial charge in [-0.15, -0.1) is 0 Å². The molecule has 0 amide bonds. The summed E-state index contributed by atoms with van der Waals surface area (Å²) in [5.41, 5.74) is 0.669. The van der Waals surface area contributed by atoms with Crippen LogP contribution >= 0.6 is 0 Å². The van der Waals surface area contributed by atoms with E-state index in [-0.39, 0.29) is 47.6 Å². The molecule has 3 saturated carbocycles. The standard InChI is InChI=1S/C12H14O4.C10H16O2/c1-5(2)11(13)15-9-6-3-7-8(4-6)12(14)16-10(7)9;1-8(2)9(11)12-10(3)6-4-5-7-10/h6-10H,1,3-4H2,2H3;1,4-7H2,2-3H3. The molecule has 4 aliphatic rings. The molecular formula is C22H30O6. The van der Waals surface area contributed by atoms with Crippen LogP contribution in [0.25, 0.3) is 0 Å². The molecule has 0 spiro atoms. The van der Waals surface area contributed by atoms with Gasteiger partial charge >= 0.3 is 17.9 Å². The maximum atomic E-state index is 11.5. The Morgan fingerprint density at radius 1 is 1.07 bits per heavy atom. The lowest BCUT2D eigenvalue weighted by atomic mass is 9.88. The number of carbonyl (C=O) groups is 3. The van der Waals surface area contributed by atoms with E-state index in [4.69, 9.17) is 14.2 Å². The Morgan fingerprint density at radius 2 is 1.68 bits per heavy atom. The van der Waals surface area contributed by atoms with Gasteiger partial charge in [-0.1, -0.05) is 13.2 Å². The van der Waals surface area contributed by atoms with Crippen LogP contribution in [0.1, 0.15) is 59.3 Å². The van der Waals surface area contributed by atoms with Gasteiger partial charge in [-0.3, -0.25) is 4.79 Å². The first kappa shape index (κ1) is 20.6. The predicted molar refractivity (Wildman–Crippen MR) is 102 cm³/mol. The molecule has 154 valence electrons. The molecule has 4 fully saturated rings. The average Bonchev–Trinajstić information content (AvgIpc) is 3.34. The van der Waals surface area contributed by atoms with Gasteiger partial charge in [-0.25, -0.2) is 9.59 Å². The summed E-state index contributed by atoms with van der Waals surface area (Å²) in [6.45, 7) is 12.4. The maximum Gasteiger partial charge on any atom is 0.333 e. The van der Waals surface area contributed by atoms with Gasteiger partial charge < -0.3 is 14.2 Å². The van der Waals surface area contributed by atoms with E-state index in [0.717, 1.165) is 25.7 Å². The van der Waals surface area contributed by atoms with Crippen molar-refractivity contribution in [3.63, 3.8) is 0 Å². The van der Waals surface area contributed by atoms with Crippen molar-refractivity contribution in [3.05, 3.63) is 24.3 Å². The lowest BCUT2D eigenvalue weighted by Crippen LogP contribution is -2.36. The fourth-order valence-electron chi connectivity index (χ4n) is 4.82. The van der Waals surface area contributed by atoms with Crippen LogP contribution in [-0.4, -0.2) is 35.7 Å². The summed E-state index contributed by atoms with van der Waals surface area (Å²) in [6, 6.07) is 0. The lowest BCUT2D eigenvalue weighted by molar-refractivity contribution is -0.158. The zero-order valence-electron chi connectivity index (χ0n) is 17.0. The van der Waals surface area contributed by atoms with Gasteiger partial charge in [0.25, 0.3) is 0 Å². The summed E-state index contributed by atoms with van der Waals surface area (Å²) >= 11 is 0. The molecule has 0 radical (unpaired) electrons. The van der Waals surface area contributed by atoms with Crippen LogP contribution in [-0.2, 0) is 28.6 Å². The molecule has 28 heavy (non-hydrogen) atoms. The van der Waals surface area contributed by atoms with E-state index in [1.807, 2.05) is 6.92 Å². The van der Waals surface area contributed by atoms with Crippen molar-refractivity contribution in [2.75, 3.05) is 0 Å². The zero-order valence-corrected chi connectivity index (χ0v) is 17.0. The molecule has 1 aliphatic heterocycles. The Morgan fingerprint density at radius 3 is 2.25 bits per heavy atom. The van der Waals surface area contributed by atoms with Crippen molar-refractivity contribution in [1.29, 1.82) is 0 Å². The van der Waals surface area contributed by atoms with E-state index in [1.165, 1.54) is 12.8 Å². The van der Waals surface area contributed by atoms with Crippen LogP contribution in [0.5, 0.6) is 0 Å². The first-order chi connectivity index (χ1) is 13.1. The van der Waals surface area contributed by atoms with Gasteiger partial charge in [-0.2, -0.15) is 0 Å². The molecule has 1 heterocycles. The number of rotatable bonds is 4. The average molecular weight is 390 g/mol. The van der Waals surface area contributed by atoms with Crippen LogP contribution in [0.2, 0.25) is 0 Å². The summed E-state index contributed by atoms with van der Waals surface area (Å²) < 4.78 is 16.0. The van der Waals surface area contributed by atoms with Crippen LogP contribution in [0.3, 0.4) is 0 Å². The second-order valence-corrected chi connectivity index (χ2v) is 8.88. The van der Waals surface area contributed by atoms with E-state index in [2.05, 4.69) is 13.2 Å². The Kier molecular flexibility index (Phi) is 5.69. The van der Waals surface area contributed by atoms with Crippen molar-refractivity contribution in [2.24, 2.45) is 17.8 Å². The van der Waals surface area contributed by atoms with Gasteiger partial charge in [0.05, 0.1) is 5.92 Å². The van der Waals surface area contributed by atoms with Crippen molar-refractivity contribution in [3.8, 4) is 0 Å². The highest BCUT2D eigenvalue weighted by atomic mass is 16.6. The summed E-state index contributed by atoms with van der Waals surface area (Å²) in [6.07, 6.45) is 5.65. The third-order valence-corrected chi connectivity index (χ3v) is 6.35. The molecule has 1 saturated heterocycles. The number of hydrogen-bond donors (Lipinski definition) is 0. The van der Waals surface area contributed by atoms with Gasteiger partial charge in [0.2, 0.25) is 0 Å². The van der Waals surface area contributed by atoms with Crippen molar-refractivity contribution in [1.82, 2.24) is 0 Å². The number of carbonyl (C=O) groups excluding carboxylic acids is 3. The Labute approximate surface area is 166 Å². The summed E-state index contributed by atoms with van der Waals surface area (Å²) in [7, 11) is 0. The van der Waals surface area contributed by atoms with Crippen molar-refractivity contribution in [2.45, 2.75) is 77.1 Å². The first-order valence-corrected chi connectivity index (χ1v) is 10.1. The number of ether oxygens (including phenoxy) is 3. The van der Waals surface area contributed by atoms with E-state index < -0.39 is 0 Å². The monoisotopic (exact) mass is 390 g/mol. The van der Waals surface area contributed by atoms with E-state index in [9.17, 15) is 14.4 Å².